The van der Waals surface area contributed by atoms with E-state index in [0.29, 0.717) is 6.54 Å². The van der Waals surface area contributed by atoms with Crippen LogP contribution in [0.15, 0.2) is 12.1 Å². The van der Waals surface area contributed by atoms with Crippen LogP contribution in [-0.2, 0) is 0 Å². The van der Waals surface area contributed by atoms with Crippen molar-refractivity contribution in [1.82, 2.24) is 0 Å². The minimum Gasteiger partial charge on any atom is -0.329 e. The molecule has 0 amide bonds. The zero-order chi connectivity index (χ0) is 10.0. The smallest absolute Gasteiger partial charge is 0.0422 e. The van der Waals surface area contributed by atoms with Gasteiger partial charge in [0.15, 0.2) is 0 Å². The van der Waals surface area contributed by atoms with E-state index in [2.05, 4.69) is 32.9 Å². The SMILES string of the molecule is Cc1cc(C)c([C@@H](N)CN)cc1C. The summed E-state index contributed by atoms with van der Waals surface area (Å²) in [5.74, 6) is 0. The van der Waals surface area contributed by atoms with Crippen LogP contribution >= 0.6 is 0 Å². The number of rotatable bonds is 2. The van der Waals surface area contributed by atoms with Gasteiger partial charge in [-0.2, -0.15) is 0 Å². The summed E-state index contributed by atoms with van der Waals surface area (Å²) in [6.07, 6.45) is 0. The lowest BCUT2D eigenvalue weighted by Gasteiger charge is -2.14. The third-order valence-corrected chi connectivity index (χ3v) is 2.54. The molecule has 0 aliphatic rings. The van der Waals surface area contributed by atoms with E-state index in [1.807, 2.05) is 0 Å². The highest BCUT2D eigenvalue weighted by Crippen LogP contribution is 2.19. The molecule has 0 aliphatic carbocycles. The maximum atomic E-state index is 5.89. The number of nitrogens with two attached hydrogens (primary N) is 2. The Labute approximate surface area is 79.9 Å². The molecule has 1 rings (SSSR count). The van der Waals surface area contributed by atoms with Gasteiger partial charge < -0.3 is 11.5 Å². The van der Waals surface area contributed by atoms with Crippen LogP contribution in [-0.4, -0.2) is 6.54 Å². The molecule has 0 spiro atoms. The van der Waals surface area contributed by atoms with E-state index in [1.165, 1.54) is 22.3 Å². The van der Waals surface area contributed by atoms with E-state index in [1.54, 1.807) is 0 Å². The van der Waals surface area contributed by atoms with Crippen LogP contribution in [0.2, 0.25) is 0 Å². The molecule has 1 aromatic carbocycles. The van der Waals surface area contributed by atoms with E-state index >= 15 is 0 Å². The second-order valence-electron chi connectivity index (χ2n) is 3.64. The molecule has 0 radical (unpaired) electrons. The van der Waals surface area contributed by atoms with Crippen molar-refractivity contribution in [3.05, 3.63) is 34.4 Å². The fourth-order valence-corrected chi connectivity index (χ4v) is 1.51. The average molecular weight is 178 g/mol. The van der Waals surface area contributed by atoms with E-state index in [0.717, 1.165) is 0 Å². The van der Waals surface area contributed by atoms with Crippen LogP contribution in [0.25, 0.3) is 0 Å². The first-order valence-electron chi connectivity index (χ1n) is 4.59. The summed E-state index contributed by atoms with van der Waals surface area (Å²) < 4.78 is 0. The molecular weight excluding hydrogens is 160 g/mol. The summed E-state index contributed by atoms with van der Waals surface area (Å²) in [6.45, 7) is 6.79. The predicted octanol–water partition coefficient (Wildman–Crippen LogP) is 1.57. The molecule has 2 nitrogen and oxygen atoms in total. The van der Waals surface area contributed by atoms with Crippen molar-refractivity contribution in [3.8, 4) is 0 Å². The Morgan fingerprint density at radius 1 is 1.08 bits per heavy atom. The molecule has 0 saturated carbocycles. The molecule has 0 aromatic heterocycles. The zero-order valence-electron chi connectivity index (χ0n) is 8.59. The summed E-state index contributed by atoms with van der Waals surface area (Å²) in [5.41, 5.74) is 16.4. The maximum Gasteiger partial charge on any atom is 0.0422 e. The molecular formula is C11H18N2. The molecule has 0 aliphatic heterocycles. The van der Waals surface area contributed by atoms with Gasteiger partial charge >= 0.3 is 0 Å². The fourth-order valence-electron chi connectivity index (χ4n) is 1.51. The number of benzene rings is 1. The molecule has 13 heavy (non-hydrogen) atoms. The third-order valence-electron chi connectivity index (χ3n) is 2.54. The number of hydrogen-bond donors (Lipinski definition) is 2. The van der Waals surface area contributed by atoms with Gasteiger partial charge in [0.05, 0.1) is 0 Å². The molecule has 2 heteroatoms. The minimum atomic E-state index is -0.0284. The van der Waals surface area contributed by atoms with Crippen molar-refractivity contribution in [2.45, 2.75) is 26.8 Å². The first-order chi connectivity index (χ1) is 6.06. The molecule has 1 aromatic rings. The van der Waals surface area contributed by atoms with E-state index in [4.69, 9.17) is 11.5 Å². The third kappa shape index (κ3) is 2.08. The van der Waals surface area contributed by atoms with Crippen molar-refractivity contribution < 1.29 is 0 Å². The summed E-state index contributed by atoms with van der Waals surface area (Å²) in [7, 11) is 0. The Morgan fingerprint density at radius 2 is 1.62 bits per heavy atom. The van der Waals surface area contributed by atoms with E-state index in [9.17, 15) is 0 Å². The van der Waals surface area contributed by atoms with Gasteiger partial charge in [0.25, 0.3) is 0 Å². The molecule has 4 N–H and O–H groups in total. The molecule has 0 saturated heterocycles. The molecule has 0 fully saturated rings. The normalized spacial score (nSPS) is 13.0. The van der Waals surface area contributed by atoms with Crippen molar-refractivity contribution in [2.24, 2.45) is 11.5 Å². The zero-order valence-corrected chi connectivity index (χ0v) is 8.59. The van der Waals surface area contributed by atoms with Crippen LogP contribution < -0.4 is 11.5 Å². The van der Waals surface area contributed by atoms with Gasteiger partial charge in [-0.3, -0.25) is 0 Å². The highest BCUT2D eigenvalue weighted by atomic mass is 14.7. The van der Waals surface area contributed by atoms with Crippen molar-refractivity contribution >= 4 is 0 Å². The Bertz CT molecular complexity index is 305. The summed E-state index contributed by atoms with van der Waals surface area (Å²) in [6, 6.07) is 4.28. The predicted molar refractivity (Wildman–Crippen MR) is 56.6 cm³/mol. The van der Waals surface area contributed by atoms with Gasteiger partial charge in [-0.05, 0) is 43.0 Å². The van der Waals surface area contributed by atoms with Crippen LogP contribution in [0, 0.1) is 20.8 Å². The van der Waals surface area contributed by atoms with Crippen LogP contribution in [0.1, 0.15) is 28.3 Å². The van der Waals surface area contributed by atoms with Gasteiger partial charge in [0, 0.05) is 12.6 Å². The Morgan fingerprint density at radius 3 is 2.15 bits per heavy atom. The monoisotopic (exact) mass is 178 g/mol. The first kappa shape index (κ1) is 10.2. The van der Waals surface area contributed by atoms with Gasteiger partial charge in [0.2, 0.25) is 0 Å². The van der Waals surface area contributed by atoms with Crippen LogP contribution in [0.4, 0.5) is 0 Å². The highest BCUT2D eigenvalue weighted by Gasteiger charge is 2.08. The summed E-state index contributed by atoms with van der Waals surface area (Å²) in [4.78, 5) is 0. The average Bonchev–Trinajstić information content (AvgIpc) is 2.10. The van der Waals surface area contributed by atoms with Crippen molar-refractivity contribution in [1.29, 1.82) is 0 Å². The van der Waals surface area contributed by atoms with Gasteiger partial charge in [-0.1, -0.05) is 12.1 Å². The lowest BCUT2D eigenvalue weighted by molar-refractivity contribution is 0.730. The summed E-state index contributed by atoms with van der Waals surface area (Å²) >= 11 is 0. The van der Waals surface area contributed by atoms with Crippen molar-refractivity contribution in [3.63, 3.8) is 0 Å². The second kappa shape index (κ2) is 3.90. The Hall–Kier alpha value is -0.860. The van der Waals surface area contributed by atoms with Gasteiger partial charge in [-0.25, -0.2) is 0 Å². The van der Waals surface area contributed by atoms with Crippen LogP contribution in [0.3, 0.4) is 0 Å². The number of aryl methyl sites for hydroxylation is 3. The quantitative estimate of drug-likeness (QED) is 0.722. The lowest BCUT2D eigenvalue weighted by atomic mass is 9.96. The summed E-state index contributed by atoms with van der Waals surface area (Å²) in [5, 5.41) is 0. The van der Waals surface area contributed by atoms with E-state index in [-0.39, 0.29) is 6.04 Å². The minimum absolute atomic E-state index is 0.0284. The van der Waals surface area contributed by atoms with Gasteiger partial charge in [0.1, 0.15) is 0 Å². The fraction of sp³-hybridized carbons (Fsp3) is 0.455. The number of hydrogen-bond acceptors (Lipinski definition) is 2. The van der Waals surface area contributed by atoms with Crippen molar-refractivity contribution in [2.75, 3.05) is 6.54 Å². The Balaban J connectivity index is 3.15. The Kier molecular flexibility index (Phi) is 3.07. The van der Waals surface area contributed by atoms with E-state index < -0.39 is 0 Å². The molecule has 1 atom stereocenters. The maximum absolute atomic E-state index is 5.89. The largest absolute Gasteiger partial charge is 0.329 e. The standard InChI is InChI=1S/C11H18N2/c1-7-4-9(3)10(5-8(7)2)11(13)6-12/h4-5,11H,6,12-13H2,1-3H3/t11-/m0/s1. The van der Waals surface area contributed by atoms with Gasteiger partial charge in [-0.15, -0.1) is 0 Å². The molecule has 0 heterocycles. The molecule has 72 valence electrons. The second-order valence-corrected chi connectivity index (χ2v) is 3.64. The molecule has 0 bridgehead atoms. The topological polar surface area (TPSA) is 52.0 Å². The molecule has 0 unspecified atom stereocenters. The first-order valence-corrected chi connectivity index (χ1v) is 4.59. The van der Waals surface area contributed by atoms with Crippen LogP contribution in [0.5, 0.6) is 0 Å². The highest BCUT2D eigenvalue weighted by molar-refractivity contribution is 5.38. The lowest BCUT2D eigenvalue weighted by Crippen LogP contribution is -2.21.